The van der Waals surface area contributed by atoms with Crippen LogP contribution < -0.4 is 0 Å². The molecule has 2 rings (SSSR count). The lowest BCUT2D eigenvalue weighted by atomic mass is 10.1. The number of unbranched alkanes of at least 4 members (excludes halogenated alkanes) is 1. The summed E-state index contributed by atoms with van der Waals surface area (Å²) in [5.74, 6) is 0.747. The second-order valence-electron chi connectivity index (χ2n) is 5.13. The van der Waals surface area contributed by atoms with Gasteiger partial charge in [0.25, 0.3) is 0 Å². The van der Waals surface area contributed by atoms with E-state index in [9.17, 15) is 13.2 Å². The molecular formula is C15H18ClF3N2. The van der Waals surface area contributed by atoms with Gasteiger partial charge in [-0.25, -0.2) is 4.99 Å². The summed E-state index contributed by atoms with van der Waals surface area (Å²) in [5, 5.41) is 0.0699. The van der Waals surface area contributed by atoms with Gasteiger partial charge >= 0.3 is 6.18 Å². The van der Waals surface area contributed by atoms with Gasteiger partial charge in [-0.2, -0.15) is 13.2 Å². The van der Waals surface area contributed by atoms with Crippen LogP contribution in [-0.4, -0.2) is 23.8 Å². The number of likely N-dealkylation sites (tertiary alicyclic amines) is 1. The van der Waals surface area contributed by atoms with E-state index in [1.807, 2.05) is 0 Å². The minimum Gasteiger partial charge on any atom is -0.360 e. The van der Waals surface area contributed by atoms with E-state index < -0.39 is 11.7 Å². The van der Waals surface area contributed by atoms with Gasteiger partial charge in [0.1, 0.15) is 5.84 Å². The van der Waals surface area contributed by atoms with Crippen molar-refractivity contribution in [2.24, 2.45) is 4.99 Å². The third kappa shape index (κ3) is 4.13. The third-order valence-corrected chi connectivity index (χ3v) is 3.72. The zero-order valence-corrected chi connectivity index (χ0v) is 12.6. The molecule has 0 unspecified atom stereocenters. The van der Waals surface area contributed by atoms with Gasteiger partial charge < -0.3 is 4.90 Å². The lowest BCUT2D eigenvalue weighted by Crippen LogP contribution is -2.25. The van der Waals surface area contributed by atoms with Gasteiger partial charge in [-0.05, 0) is 31.0 Å². The maximum absolute atomic E-state index is 13.1. The molecule has 0 saturated carbocycles. The molecule has 1 heterocycles. The molecule has 116 valence electrons. The van der Waals surface area contributed by atoms with E-state index in [2.05, 4.69) is 16.8 Å². The highest BCUT2D eigenvalue weighted by Gasteiger charge is 2.34. The molecule has 21 heavy (non-hydrogen) atoms. The fourth-order valence-corrected chi connectivity index (χ4v) is 2.58. The van der Waals surface area contributed by atoms with Crippen LogP contribution in [0.15, 0.2) is 23.2 Å². The van der Waals surface area contributed by atoms with Gasteiger partial charge in [0.05, 0.1) is 11.3 Å². The number of halogens is 4. The van der Waals surface area contributed by atoms with Crippen LogP contribution in [0, 0.1) is 0 Å². The minimum absolute atomic E-state index is 0.0506. The Bertz CT molecular complexity index is 526. The monoisotopic (exact) mass is 318 g/mol. The molecule has 1 fully saturated rings. The van der Waals surface area contributed by atoms with E-state index in [0.717, 1.165) is 50.7 Å². The first kappa shape index (κ1) is 16.1. The smallest absolute Gasteiger partial charge is 0.360 e. The van der Waals surface area contributed by atoms with Gasteiger partial charge in [0.2, 0.25) is 0 Å². The highest BCUT2D eigenvalue weighted by Crippen LogP contribution is 2.38. The van der Waals surface area contributed by atoms with Gasteiger partial charge in [-0.3, -0.25) is 0 Å². The molecule has 6 heteroatoms. The van der Waals surface area contributed by atoms with Crippen LogP contribution in [0.4, 0.5) is 18.9 Å². The Morgan fingerprint density at radius 2 is 2.10 bits per heavy atom. The second-order valence-corrected chi connectivity index (χ2v) is 5.57. The molecule has 0 aromatic heterocycles. The molecule has 0 bridgehead atoms. The highest BCUT2D eigenvalue weighted by molar-refractivity contribution is 6.30. The molecular weight excluding hydrogens is 301 g/mol. The van der Waals surface area contributed by atoms with Crippen molar-refractivity contribution >= 4 is 23.1 Å². The minimum atomic E-state index is -4.45. The average Bonchev–Trinajstić information content (AvgIpc) is 2.84. The molecule has 1 aliphatic heterocycles. The number of aliphatic imine (C=N–C) groups is 1. The Morgan fingerprint density at radius 3 is 2.76 bits per heavy atom. The summed E-state index contributed by atoms with van der Waals surface area (Å²) in [7, 11) is 0. The summed E-state index contributed by atoms with van der Waals surface area (Å²) in [6, 6.07) is 3.72. The van der Waals surface area contributed by atoms with E-state index in [1.165, 1.54) is 12.1 Å². The van der Waals surface area contributed by atoms with Crippen molar-refractivity contribution in [2.75, 3.05) is 13.1 Å². The zero-order chi connectivity index (χ0) is 15.5. The van der Waals surface area contributed by atoms with E-state index in [4.69, 9.17) is 11.6 Å². The number of hydrogen-bond acceptors (Lipinski definition) is 1. The maximum atomic E-state index is 13.1. The standard InChI is InChI=1S/C15H18ClF3N2/c1-2-3-8-21-9-4-5-14(21)20-13-7-6-11(16)10-12(13)15(17,18)19/h6-7,10H,2-5,8-9H2,1H3. The number of nitrogens with zero attached hydrogens (tertiary/aromatic N) is 2. The van der Waals surface area contributed by atoms with Crippen molar-refractivity contribution in [1.82, 2.24) is 4.90 Å². The summed E-state index contributed by atoms with van der Waals surface area (Å²) in [5.41, 5.74) is -0.824. The molecule has 1 aliphatic rings. The summed E-state index contributed by atoms with van der Waals surface area (Å²) in [4.78, 5) is 6.35. The van der Waals surface area contributed by atoms with E-state index >= 15 is 0 Å². The molecule has 2 nitrogen and oxygen atoms in total. The zero-order valence-electron chi connectivity index (χ0n) is 11.9. The van der Waals surface area contributed by atoms with Crippen molar-refractivity contribution in [3.63, 3.8) is 0 Å². The molecule has 0 radical (unpaired) electrons. The SMILES string of the molecule is CCCCN1CCCC1=Nc1ccc(Cl)cc1C(F)(F)F. The number of alkyl halides is 3. The highest BCUT2D eigenvalue weighted by atomic mass is 35.5. The molecule has 0 aliphatic carbocycles. The van der Waals surface area contributed by atoms with Crippen LogP contribution in [0.25, 0.3) is 0 Å². The van der Waals surface area contributed by atoms with Crippen molar-refractivity contribution in [3.05, 3.63) is 28.8 Å². The number of benzene rings is 1. The fraction of sp³-hybridized carbons (Fsp3) is 0.533. The maximum Gasteiger partial charge on any atom is 0.418 e. The topological polar surface area (TPSA) is 15.6 Å². The third-order valence-electron chi connectivity index (χ3n) is 3.49. The van der Waals surface area contributed by atoms with Gasteiger partial charge in [-0.1, -0.05) is 24.9 Å². The van der Waals surface area contributed by atoms with Crippen LogP contribution in [0.3, 0.4) is 0 Å². The number of amidine groups is 1. The van der Waals surface area contributed by atoms with Crippen molar-refractivity contribution in [2.45, 2.75) is 38.8 Å². The predicted octanol–water partition coefficient (Wildman–Crippen LogP) is 5.28. The van der Waals surface area contributed by atoms with Crippen molar-refractivity contribution in [3.8, 4) is 0 Å². The number of rotatable bonds is 4. The summed E-state index contributed by atoms with van der Waals surface area (Å²) in [6.45, 7) is 3.81. The Hall–Kier alpha value is -1.23. The number of hydrogen-bond donors (Lipinski definition) is 0. The van der Waals surface area contributed by atoms with Gasteiger partial charge in [0, 0.05) is 24.5 Å². The largest absolute Gasteiger partial charge is 0.418 e. The van der Waals surface area contributed by atoms with Crippen LogP contribution in [0.1, 0.15) is 38.2 Å². The van der Waals surface area contributed by atoms with Crippen molar-refractivity contribution in [1.29, 1.82) is 0 Å². The van der Waals surface area contributed by atoms with Crippen LogP contribution in [0.5, 0.6) is 0 Å². The first-order chi connectivity index (χ1) is 9.91. The predicted molar refractivity (Wildman–Crippen MR) is 79.3 cm³/mol. The lowest BCUT2D eigenvalue weighted by Gasteiger charge is -2.19. The lowest BCUT2D eigenvalue weighted by molar-refractivity contribution is -0.137. The van der Waals surface area contributed by atoms with Crippen LogP contribution in [-0.2, 0) is 6.18 Å². The average molecular weight is 319 g/mol. The van der Waals surface area contributed by atoms with Gasteiger partial charge in [-0.15, -0.1) is 0 Å². The first-order valence-electron chi connectivity index (χ1n) is 7.11. The normalized spacial score (nSPS) is 17.8. The summed E-state index contributed by atoms with van der Waals surface area (Å²) in [6.07, 6.45) is -0.706. The Kier molecular flexibility index (Phi) is 5.14. The Morgan fingerprint density at radius 1 is 1.33 bits per heavy atom. The molecule has 0 atom stereocenters. The van der Waals surface area contributed by atoms with E-state index in [-0.39, 0.29) is 10.7 Å². The fourth-order valence-electron chi connectivity index (χ4n) is 2.40. The molecule has 1 aromatic rings. The quantitative estimate of drug-likeness (QED) is 0.737. The van der Waals surface area contributed by atoms with Crippen molar-refractivity contribution < 1.29 is 13.2 Å². The summed E-state index contributed by atoms with van der Waals surface area (Å²) < 4.78 is 39.2. The van der Waals surface area contributed by atoms with Gasteiger partial charge in [0.15, 0.2) is 0 Å². The molecule has 1 aromatic carbocycles. The summed E-state index contributed by atoms with van der Waals surface area (Å²) >= 11 is 5.68. The molecule has 0 N–H and O–H groups in total. The van der Waals surface area contributed by atoms with Crippen LogP contribution >= 0.6 is 11.6 Å². The molecule has 0 amide bonds. The van der Waals surface area contributed by atoms with Crippen LogP contribution in [0.2, 0.25) is 5.02 Å². The second kappa shape index (κ2) is 6.69. The molecule has 0 spiro atoms. The Balaban J connectivity index is 2.31. The van der Waals surface area contributed by atoms with E-state index in [0.29, 0.717) is 0 Å². The first-order valence-corrected chi connectivity index (χ1v) is 7.49. The Labute approximate surface area is 127 Å². The van der Waals surface area contributed by atoms with E-state index in [1.54, 1.807) is 0 Å². The molecule has 1 saturated heterocycles.